The molecule has 1 saturated heterocycles. The highest BCUT2D eigenvalue weighted by molar-refractivity contribution is 6.30. The Morgan fingerprint density at radius 3 is 2.85 bits per heavy atom. The first-order valence-corrected chi connectivity index (χ1v) is 8.91. The van der Waals surface area contributed by atoms with Gasteiger partial charge in [0.15, 0.2) is 0 Å². The van der Waals surface area contributed by atoms with Crippen molar-refractivity contribution in [3.8, 4) is 0 Å². The average molecular weight is 395 g/mol. The number of hydrogen-bond acceptors (Lipinski definition) is 4. The fourth-order valence-electron chi connectivity index (χ4n) is 3.14. The molecule has 2 unspecified atom stereocenters. The van der Waals surface area contributed by atoms with Crippen molar-refractivity contribution in [1.29, 1.82) is 0 Å². The van der Waals surface area contributed by atoms with E-state index < -0.39 is 0 Å². The molecule has 1 aliphatic heterocycles. The maximum atomic E-state index is 12.5. The van der Waals surface area contributed by atoms with Gasteiger partial charge in [0, 0.05) is 43.1 Å². The molecule has 1 aromatic heterocycles. The number of halogens is 2. The van der Waals surface area contributed by atoms with Crippen molar-refractivity contribution in [2.75, 3.05) is 26.2 Å². The molecule has 1 amide bonds. The summed E-state index contributed by atoms with van der Waals surface area (Å²) >= 11 is 5.92. The molecular weight excluding hydrogens is 371 g/mol. The first kappa shape index (κ1) is 20.6. The molecule has 0 radical (unpaired) electrons. The van der Waals surface area contributed by atoms with Gasteiger partial charge in [-0.15, -0.1) is 12.4 Å². The molecule has 2 heterocycles. The van der Waals surface area contributed by atoms with Crippen LogP contribution in [0.3, 0.4) is 0 Å². The lowest BCUT2D eigenvalue weighted by atomic mass is 10.1. The van der Waals surface area contributed by atoms with Crippen LogP contribution in [0, 0.1) is 0 Å². The lowest BCUT2D eigenvalue weighted by Crippen LogP contribution is -2.49. The number of amides is 1. The van der Waals surface area contributed by atoms with Crippen molar-refractivity contribution >= 4 is 29.9 Å². The second kappa shape index (κ2) is 9.88. The summed E-state index contributed by atoms with van der Waals surface area (Å²) in [5.41, 5.74) is 2.18. The summed E-state index contributed by atoms with van der Waals surface area (Å²) in [6.07, 6.45) is 3.64. The summed E-state index contributed by atoms with van der Waals surface area (Å²) < 4.78 is 0. The van der Waals surface area contributed by atoms with Gasteiger partial charge in [0.25, 0.3) is 0 Å². The lowest BCUT2D eigenvalue weighted by molar-refractivity contribution is -0.123. The molecule has 5 nitrogen and oxygen atoms in total. The van der Waals surface area contributed by atoms with Crippen LogP contribution < -0.4 is 10.6 Å². The molecule has 2 atom stereocenters. The Morgan fingerprint density at radius 2 is 2.15 bits per heavy atom. The number of carbonyl (C=O) groups is 1. The zero-order chi connectivity index (χ0) is 17.6. The third-order valence-corrected chi connectivity index (χ3v) is 4.77. The Hall–Kier alpha value is -1.66. The minimum absolute atomic E-state index is 0. The largest absolute Gasteiger partial charge is 0.348 e. The van der Waals surface area contributed by atoms with Crippen molar-refractivity contribution in [3.05, 3.63) is 64.9 Å². The Morgan fingerprint density at radius 1 is 1.38 bits per heavy atom. The Labute approximate surface area is 165 Å². The van der Waals surface area contributed by atoms with E-state index in [9.17, 15) is 4.79 Å². The van der Waals surface area contributed by atoms with Crippen LogP contribution in [0.25, 0.3) is 0 Å². The van der Waals surface area contributed by atoms with Gasteiger partial charge in [-0.1, -0.05) is 29.8 Å². The van der Waals surface area contributed by atoms with Gasteiger partial charge in [-0.3, -0.25) is 14.7 Å². The Bertz CT molecular complexity index is 696. The molecule has 2 N–H and O–H groups in total. The first-order valence-electron chi connectivity index (χ1n) is 8.53. The molecule has 2 aromatic rings. The molecule has 1 fully saturated rings. The SMILES string of the molecule is CC(NC(=O)CN1CCNCC1c1cccnc1)c1ccc(Cl)cc1.Cl. The monoisotopic (exact) mass is 394 g/mol. The maximum absolute atomic E-state index is 12.5. The number of pyridine rings is 1. The van der Waals surface area contributed by atoms with Crippen LogP contribution in [-0.4, -0.2) is 42.0 Å². The van der Waals surface area contributed by atoms with Gasteiger partial charge in [-0.2, -0.15) is 0 Å². The average Bonchev–Trinajstić information content (AvgIpc) is 2.63. The summed E-state index contributed by atoms with van der Waals surface area (Å²) in [4.78, 5) is 18.9. The smallest absolute Gasteiger partial charge is 0.234 e. The highest BCUT2D eigenvalue weighted by Crippen LogP contribution is 2.21. The van der Waals surface area contributed by atoms with E-state index in [1.54, 1.807) is 6.20 Å². The number of rotatable bonds is 5. The summed E-state index contributed by atoms with van der Waals surface area (Å²) in [6, 6.07) is 11.7. The molecule has 1 aliphatic rings. The van der Waals surface area contributed by atoms with E-state index in [-0.39, 0.29) is 30.4 Å². The van der Waals surface area contributed by atoms with E-state index in [4.69, 9.17) is 11.6 Å². The molecule has 26 heavy (non-hydrogen) atoms. The Balaban J connectivity index is 0.00000243. The summed E-state index contributed by atoms with van der Waals surface area (Å²) in [5, 5.41) is 7.17. The highest BCUT2D eigenvalue weighted by atomic mass is 35.5. The van der Waals surface area contributed by atoms with Gasteiger partial charge >= 0.3 is 0 Å². The van der Waals surface area contributed by atoms with Crippen LogP contribution in [0.15, 0.2) is 48.8 Å². The number of hydrogen-bond donors (Lipinski definition) is 2. The van der Waals surface area contributed by atoms with Gasteiger partial charge in [-0.25, -0.2) is 0 Å². The quantitative estimate of drug-likeness (QED) is 0.818. The van der Waals surface area contributed by atoms with Gasteiger partial charge in [0.05, 0.1) is 12.6 Å². The normalized spacial score (nSPS) is 18.6. The summed E-state index contributed by atoms with van der Waals surface area (Å²) in [7, 11) is 0. The number of nitrogens with zero attached hydrogens (tertiary/aromatic N) is 2. The van der Waals surface area contributed by atoms with Gasteiger partial charge < -0.3 is 10.6 Å². The third-order valence-electron chi connectivity index (χ3n) is 4.52. The first-order chi connectivity index (χ1) is 12.1. The second-order valence-corrected chi connectivity index (χ2v) is 6.75. The number of carbonyl (C=O) groups excluding carboxylic acids is 1. The molecule has 1 aromatic carbocycles. The summed E-state index contributed by atoms with van der Waals surface area (Å²) in [6.45, 7) is 4.90. The van der Waals surface area contributed by atoms with Gasteiger partial charge in [0.2, 0.25) is 5.91 Å². The fraction of sp³-hybridized carbons (Fsp3) is 0.368. The standard InChI is InChI=1S/C19H23ClN4O.ClH/c1-14(15-4-6-17(20)7-5-15)23-19(25)13-24-10-9-22-12-18(24)16-3-2-8-21-11-16;/h2-8,11,14,18,22H,9-10,12-13H2,1H3,(H,23,25);1H. The zero-order valence-electron chi connectivity index (χ0n) is 14.7. The van der Waals surface area contributed by atoms with Crippen LogP contribution in [0.5, 0.6) is 0 Å². The molecule has 0 bridgehead atoms. The molecule has 0 spiro atoms. The number of piperazine rings is 1. The Kier molecular flexibility index (Phi) is 7.85. The number of aromatic nitrogens is 1. The number of nitrogens with one attached hydrogen (secondary N) is 2. The topological polar surface area (TPSA) is 57.3 Å². The second-order valence-electron chi connectivity index (χ2n) is 6.32. The minimum atomic E-state index is -0.0514. The van der Waals surface area contributed by atoms with Crippen molar-refractivity contribution in [1.82, 2.24) is 20.5 Å². The molecule has 7 heteroatoms. The van der Waals surface area contributed by atoms with E-state index in [0.29, 0.717) is 11.6 Å². The van der Waals surface area contributed by atoms with E-state index in [1.165, 1.54) is 0 Å². The van der Waals surface area contributed by atoms with Crippen molar-refractivity contribution < 1.29 is 4.79 Å². The molecule has 0 saturated carbocycles. The van der Waals surface area contributed by atoms with Crippen molar-refractivity contribution in [2.24, 2.45) is 0 Å². The van der Waals surface area contributed by atoms with Crippen LogP contribution >= 0.6 is 24.0 Å². The highest BCUT2D eigenvalue weighted by Gasteiger charge is 2.26. The predicted molar refractivity (Wildman–Crippen MR) is 107 cm³/mol. The van der Waals surface area contributed by atoms with Crippen LogP contribution in [0.2, 0.25) is 5.02 Å². The van der Waals surface area contributed by atoms with E-state index in [1.807, 2.05) is 43.5 Å². The van der Waals surface area contributed by atoms with E-state index >= 15 is 0 Å². The van der Waals surface area contributed by atoms with Gasteiger partial charge in [-0.05, 0) is 36.2 Å². The molecule has 0 aliphatic carbocycles. The molecule has 140 valence electrons. The predicted octanol–water partition coefficient (Wildman–Crippen LogP) is 2.98. The third kappa shape index (κ3) is 5.42. The minimum Gasteiger partial charge on any atom is -0.348 e. The van der Waals surface area contributed by atoms with Crippen LogP contribution in [0.1, 0.15) is 30.1 Å². The van der Waals surface area contributed by atoms with Crippen LogP contribution in [-0.2, 0) is 4.79 Å². The molecule has 3 rings (SSSR count). The lowest BCUT2D eigenvalue weighted by Gasteiger charge is -2.36. The van der Waals surface area contributed by atoms with Crippen LogP contribution in [0.4, 0.5) is 0 Å². The van der Waals surface area contributed by atoms with E-state index in [0.717, 1.165) is 30.8 Å². The summed E-state index contributed by atoms with van der Waals surface area (Å²) in [5.74, 6) is 0.0261. The molecular formula is C19H24Cl2N4O. The van der Waals surface area contributed by atoms with Crippen molar-refractivity contribution in [2.45, 2.75) is 19.0 Å². The van der Waals surface area contributed by atoms with E-state index in [2.05, 4.69) is 26.6 Å². The number of benzene rings is 1. The zero-order valence-corrected chi connectivity index (χ0v) is 16.3. The van der Waals surface area contributed by atoms with Crippen molar-refractivity contribution in [3.63, 3.8) is 0 Å². The van der Waals surface area contributed by atoms with Gasteiger partial charge in [0.1, 0.15) is 0 Å². The maximum Gasteiger partial charge on any atom is 0.234 e. The fourth-order valence-corrected chi connectivity index (χ4v) is 3.27.